The summed E-state index contributed by atoms with van der Waals surface area (Å²) >= 11 is 0. The van der Waals surface area contributed by atoms with Crippen molar-refractivity contribution in [1.29, 1.82) is 0 Å². The minimum atomic E-state index is -1.63. The van der Waals surface area contributed by atoms with Gasteiger partial charge in [-0.05, 0) is 19.3 Å². The molecule has 0 N–H and O–H groups in total. The van der Waals surface area contributed by atoms with Gasteiger partial charge < -0.3 is 14.2 Å². The van der Waals surface area contributed by atoms with Crippen molar-refractivity contribution < 1.29 is 28.6 Å². The molecule has 6 nitrogen and oxygen atoms in total. The zero-order valence-corrected chi connectivity index (χ0v) is 18.0. The Morgan fingerprint density at radius 1 is 0.667 bits per heavy atom. The van der Waals surface area contributed by atoms with Gasteiger partial charge in [-0.15, -0.1) is 0 Å². The summed E-state index contributed by atoms with van der Waals surface area (Å²) in [6.07, 6.45) is 5.38. The molecule has 0 rings (SSSR count). The second-order valence-electron chi connectivity index (χ2n) is 7.92. The zero-order chi connectivity index (χ0) is 20.9. The number of hydrogen-bond acceptors (Lipinski definition) is 6. The third-order valence-electron chi connectivity index (χ3n) is 4.33. The summed E-state index contributed by atoms with van der Waals surface area (Å²) < 4.78 is 16.7. The largest absolute Gasteiger partial charge is 0.457 e. The van der Waals surface area contributed by atoms with Gasteiger partial charge in [0, 0.05) is 24.7 Å². The normalized spacial score (nSPS) is 11.8. The maximum absolute atomic E-state index is 12.3. The summed E-state index contributed by atoms with van der Waals surface area (Å²) in [6.45, 7) is 11.0. The molecule has 0 unspecified atom stereocenters. The Hall–Kier alpha value is -1.59. The molecule has 0 fully saturated rings. The molecule has 0 radical (unpaired) electrons. The second-order valence-corrected chi connectivity index (χ2v) is 7.92. The van der Waals surface area contributed by atoms with Gasteiger partial charge in [0.05, 0.1) is 0 Å². The van der Waals surface area contributed by atoms with Gasteiger partial charge in [-0.25, -0.2) is 0 Å². The Balaban J connectivity index is 5.42. The first kappa shape index (κ1) is 25.4. The molecule has 0 bridgehead atoms. The lowest BCUT2D eigenvalue weighted by atomic mass is 9.85. The van der Waals surface area contributed by atoms with Crippen molar-refractivity contribution in [2.24, 2.45) is 5.41 Å². The third kappa shape index (κ3) is 9.78. The van der Waals surface area contributed by atoms with Crippen LogP contribution in [-0.4, -0.2) is 30.3 Å². The van der Waals surface area contributed by atoms with E-state index in [0.29, 0.717) is 19.3 Å². The summed E-state index contributed by atoms with van der Waals surface area (Å²) in [5.41, 5.74) is -0.762. The van der Waals surface area contributed by atoms with Crippen LogP contribution in [0, 0.1) is 5.41 Å². The molecule has 0 aliphatic rings. The van der Waals surface area contributed by atoms with Crippen LogP contribution in [0.5, 0.6) is 0 Å². The van der Waals surface area contributed by atoms with Crippen LogP contribution >= 0.6 is 0 Å². The highest BCUT2D eigenvalue weighted by atomic mass is 16.8. The Bertz CT molecular complexity index is 442. The monoisotopic (exact) mass is 386 g/mol. The summed E-state index contributed by atoms with van der Waals surface area (Å²) in [7, 11) is 0. The highest BCUT2D eigenvalue weighted by molar-refractivity contribution is 5.73. The van der Waals surface area contributed by atoms with Gasteiger partial charge in [0.1, 0.15) is 0 Å². The highest BCUT2D eigenvalue weighted by Gasteiger charge is 2.51. The molecule has 0 aliphatic heterocycles. The van der Waals surface area contributed by atoms with E-state index in [-0.39, 0.29) is 31.8 Å². The van der Waals surface area contributed by atoms with Crippen LogP contribution in [0.4, 0.5) is 0 Å². The predicted molar refractivity (Wildman–Crippen MR) is 104 cm³/mol. The smallest absolute Gasteiger partial charge is 0.309 e. The SMILES string of the molecule is CCCCC(=O)OCC(OC(=O)CCCC)(OC(=O)CCCC)C(C)(C)C. The van der Waals surface area contributed by atoms with Crippen LogP contribution in [0.15, 0.2) is 0 Å². The molecule has 27 heavy (non-hydrogen) atoms. The van der Waals surface area contributed by atoms with Gasteiger partial charge in [0.2, 0.25) is 0 Å². The number of rotatable bonds is 13. The summed E-state index contributed by atoms with van der Waals surface area (Å²) in [5, 5.41) is 0. The summed E-state index contributed by atoms with van der Waals surface area (Å²) in [5.74, 6) is -2.94. The van der Waals surface area contributed by atoms with E-state index in [1.807, 2.05) is 20.8 Å². The van der Waals surface area contributed by atoms with E-state index in [1.165, 1.54) is 0 Å². The number of hydrogen-bond donors (Lipinski definition) is 0. The molecule has 0 heterocycles. The molecule has 0 atom stereocenters. The number of ether oxygens (including phenoxy) is 3. The van der Waals surface area contributed by atoms with Crippen LogP contribution in [0.25, 0.3) is 0 Å². The van der Waals surface area contributed by atoms with Gasteiger partial charge >= 0.3 is 17.9 Å². The molecule has 6 heteroatoms. The number of carbonyl (C=O) groups excluding carboxylic acids is 3. The van der Waals surface area contributed by atoms with Gasteiger partial charge in [-0.3, -0.25) is 14.4 Å². The van der Waals surface area contributed by atoms with Crippen molar-refractivity contribution in [3.63, 3.8) is 0 Å². The van der Waals surface area contributed by atoms with Crippen molar-refractivity contribution in [1.82, 2.24) is 0 Å². The summed E-state index contributed by atoms with van der Waals surface area (Å²) in [4.78, 5) is 36.6. The van der Waals surface area contributed by atoms with Crippen molar-refractivity contribution in [3.05, 3.63) is 0 Å². The fourth-order valence-corrected chi connectivity index (χ4v) is 2.28. The van der Waals surface area contributed by atoms with E-state index < -0.39 is 23.1 Å². The molecule has 0 aromatic carbocycles. The van der Waals surface area contributed by atoms with E-state index in [9.17, 15) is 14.4 Å². The second kappa shape index (κ2) is 12.7. The lowest BCUT2D eigenvalue weighted by Crippen LogP contribution is -2.54. The number of esters is 3. The molecule has 0 aliphatic carbocycles. The van der Waals surface area contributed by atoms with Crippen molar-refractivity contribution in [2.75, 3.05) is 6.61 Å². The number of carbonyl (C=O) groups is 3. The van der Waals surface area contributed by atoms with Gasteiger partial charge in [-0.2, -0.15) is 0 Å². The van der Waals surface area contributed by atoms with Crippen molar-refractivity contribution in [3.8, 4) is 0 Å². The fourth-order valence-electron chi connectivity index (χ4n) is 2.28. The van der Waals surface area contributed by atoms with Crippen molar-refractivity contribution in [2.45, 2.75) is 105 Å². The molecule has 0 aromatic rings. The Kier molecular flexibility index (Phi) is 12.0. The van der Waals surface area contributed by atoms with E-state index in [4.69, 9.17) is 14.2 Å². The molecule has 0 amide bonds. The van der Waals surface area contributed by atoms with Gasteiger partial charge in [-0.1, -0.05) is 60.8 Å². The molecular weight excluding hydrogens is 348 g/mol. The van der Waals surface area contributed by atoms with Crippen LogP contribution in [0.3, 0.4) is 0 Å². The first-order valence-corrected chi connectivity index (χ1v) is 10.2. The zero-order valence-electron chi connectivity index (χ0n) is 18.0. The Morgan fingerprint density at radius 3 is 1.37 bits per heavy atom. The third-order valence-corrected chi connectivity index (χ3v) is 4.33. The minimum Gasteiger partial charge on any atom is -0.457 e. The first-order chi connectivity index (χ1) is 12.6. The van der Waals surface area contributed by atoms with E-state index in [1.54, 1.807) is 20.8 Å². The average molecular weight is 387 g/mol. The van der Waals surface area contributed by atoms with Crippen LogP contribution in [0.1, 0.15) is 99.3 Å². The van der Waals surface area contributed by atoms with Crippen molar-refractivity contribution >= 4 is 17.9 Å². The van der Waals surface area contributed by atoms with E-state index >= 15 is 0 Å². The fraction of sp³-hybridized carbons (Fsp3) is 0.857. The Morgan fingerprint density at radius 2 is 1.04 bits per heavy atom. The standard InChI is InChI=1S/C21H38O6/c1-7-10-13-17(22)25-16-21(20(4,5)6,26-18(23)14-11-8-2)27-19(24)15-12-9-3/h7-16H2,1-6H3. The summed E-state index contributed by atoms with van der Waals surface area (Å²) in [6, 6.07) is 0. The maximum Gasteiger partial charge on any atom is 0.309 e. The predicted octanol–water partition coefficient (Wildman–Crippen LogP) is 4.93. The molecule has 0 aromatic heterocycles. The Labute approximate surface area is 164 Å². The lowest BCUT2D eigenvalue weighted by molar-refractivity contribution is -0.280. The molecule has 0 saturated heterocycles. The topological polar surface area (TPSA) is 78.9 Å². The van der Waals surface area contributed by atoms with Crippen LogP contribution < -0.4 is 0 Å². The lowest BCUT2D eigenvalue weighted by Gasteiger charge is -2.41. The van der Waals surface area contributed by atoms with Crippen LogP contribution in [0.2, 0.25) is 0 Å². The molecular formula is C21H38O6. The molecule has 0 saturated carbocycles. The average Bonchev–Trinajstić information content (AvgIpc) is 2.59. The molecule has 158 valence electrons. The quantitative estimate of drug-likeness (QED) is 0.330. The van der Waals surface area contributed by atoms with E-state index in [2.05, 4.69) is 0 Å². The van der Waals surface area contributed by atoms with Gasteiger partial charge in [0.25, 0.3) is 5.79 Å². The minimum absolute atomic E-state index is 0.227. The van der Waals surface area contributed by atoms with Crippen LogP contribution in [-0.2, 0) is 28.6 Å². The van der Waals surface area contributed by atoms with E-state index in [0.717, 1.165) is 19.3 Å². The van der Waals surface area contributed by atoms with Gasteiger partial charge in [0.15, 0.2) is 6.61 Å². The number of unbranched alkanes of at least 4 members (excludes halogenated alkanes) is 3. The highest BCUT2D eigenvalue weighted by Crippen LogP contribution is 2.37. The molecule has 0 spiro atoms. The first-order valence-electron chi connectivity index (χ1n) is 10.2. The maximum atomic E-state index is 12.3.